The number of hydroxylamine groups is 1. The first-order valence-corrected chi connectivity index (χ1v) is 12.0. The maximum Gasteiger partial charge on any atom is 0.182 e. The van der Waals surface area contributed by atoms with Gasteiger partial charge in [-0.05, 0) is 90.0 Å². The van der Waals surface area contributed by atoms with Crippen LogP contribution in [0.4, 0.5) is 0 Å². The van der Waals surface area contributed by atoms with Gasteiger partial charge in [0.15, 0.2) is 11.4 Å². The van der Waals surface area contributed by atoms with Crippen LogP contribution in [0.3, 0.4) is 0 Å². The van der Waals surface area contributed by atoms with E-state index < -0.39 is 0 Å². The third kappa shape index (κ3) is 5.14. The van der Waals surface area contributed by atoms with E-state index in [4.69, 9.17) is 40.3 Å². The van der Waals surface area contributed by atoms with E-state index in [1.807, 2.05) is 18.2 Å². The summed E-state index contributed by atoms with van der Waals surface area (Å²) in [7, 11) is 1.72. The minimum absolute atomic E-state index is 0.630. The molecule has 6 heteroatoms. The van der Waals surface area contributed by atoms with E-state index in [1.54, 1.807) is 7.05 Å². The van der Waals surface area contributed by atoms with E-state index in [2.05, 4.69) is 59.9 Å². The molecule has 3 aromatic rings. The summed E-state index contributed by atoms with van der Waals surface area (Å²) in [4.78, 5) is 9.39. The standard InChI is InChI=1S/C27H24Cl2N2OS/c1-17-6-8-18(9-7-17)26-22-12-10-20(27(30-2)31-32-16-33)14-19(22)4-3-5-24(26)23-13-11-21(28)15-25(23)29/h6-16H,3-5H2,1-2H3,(H,30,31). The van der Waals surface area contributed by atoms with Crippen LogP contribution in [0, 0.1) is 6.92 Å². The van der Waals surface area contributed by atoms with Crippen LogP contribution in [-0.4, -0.2) is 18.4 Å². The quantitative estimate of drug-likeness (QED) is 0.173. The molecule has 0 bridgehead atoms. The summed E-state index contributed by atoms with van der Waals surface area (Å²) >= 11 is 17.6. The first kappa shape index (κ1) is 23.5. The second kappa shape index (κ2) is 10.5. The Hall–Kier alpha value is -2.66. The van der Waals surface area contributed by atoms with Crippen LogP contribution >= 0.6 is 35.4 Å². The SMILES string of the molecule is CN=C(NOC=S)c1ccc2c(c1)CCCC(c1ccc(Cl)cc1Cl)=C2c1ccc(C)cc1. The average Bonchev–Trinajstić information content (AvgIpc) is 2.99. The molecule has 0 amide bonds. The molecule has 0 saturated carbocycles. The van der Waals surface area contributed by atoms with Gasteiger partial charge < -0.3 is 4.84 Å². The zero-order chi connectivity index (χ0) is 23.4. The monoisotopic (exact) mass is 494 g/mol. The van der Waals surface area contributed by atoms with Crippen molar-refractivity contribution in [1.82, 2.24) is 5.48 Å². The molecule has 4 rings (SSSR count). The molecule has 168 valence electrons. The number of hydrogen-bond acceptors (Lipinski definition) is 3. The van der Waals surface area contributed by atoms with Crippen LogP contribution in [0.15, 0.2) is 65.7 Å². The molecule has 0 saturated heterocycles. The number of rotatable bonds is 5. The summed E-state index contributed by atoms with van der Waals surface area (Å²) in [6.45, 7) is 2.10. The molecule has 0 atom stereocenters. The molecule has 0 radical (unpaired) electrons. The lowest BCUT2D eigenvalue weighted by atomic mass is 9.87. The minimum Gasteiger partial charge on any atom is -0.377 e. The smallest absolute Gasteiger partial charge is 0.182 e. The maximum absolute atomic E-state index is 6.69. The van der Waals surface area contributed by atoms with Crippen molar-refractivity contribution in [3.8, 4) is 0 Å². The number of amidine groups is 1. The highest BCUT2D eigenvalue weighted by atomic mass is 35.5. The van der Waals surface area contributed by atoms with Gasteiger partial charge in [0, 0.05) is 22.7 Å². The summed E-state index contributed by atoms with van der Waals surface area (Å²) in [5.41, 5.74) is 13.2. The van der Waals surface area contributed by atoms with E-state index in [9.17, 15) is 0 Å². The molecule has 0 aromatic heterocycles. The van der Waals surface area contributed by atoms with Crippen molar-refractivity contribution in [2.24, 2.45) is 4.99 Å². The Balaban J connectivity index is 1.93. The lowest BCUT2D eigenvalue weighted by molar-refractivity contribution is 0.269. The number of allylic oxidation sites excluding steroid dienone is 1. The number of fused-ring (bicyclic) bond motifs is 1. The number of hydrogen-bond donors (Lipinski definition) is 1. The molecular formula is C27H24Cl2N2OS. The van der Waals surface area contributed by atoms with E-state index in [0.717, 1.165) is 30.4 Å². The topological polar surface area (TPSA) is 33.6 Å². The second-order valence-corrected chi connectivity index (χ2v) is 8.99. The van der Waals surface area contributed by atoms with Gasteiger partial charge in [-0.25, -0.2) is 5.48 Å². The zero-order valence-corrected chi connectivity index (χ0v) is 20.8. The van der Waals surface area contributed by atoms with Crippen LogP contribution in [0.2, 0.25) is 10.0 Å². The van der Waals surface area contributed by atoms with Gasteiger partial charge >= 0.3 is 0 Å². The molecule has 0 fully saturated rings. The Morgan fingerprint density at radius 3 is 2.45 bits per heavy atom. The Morgan fingerprint density at radius 1 is 1.00 bits per heavy atom. The number of nitrogens with one attached hydrogen (secondary N) is 1. The first-order valence-electron chi connectivity index (χ1n) is 10.7. The summed E-state index contributed by atoms with van der Waals surface area (Å²) in [5, 5.41) is 1.31. The summed E-state index contributed by atoms with van der Waals surface area (Å²) < 4.78 is 0. The highest BCUT2D eigenvalue weighted by Crippen LogP contribution is 2.42. The van der Waals surface area contributed by atoms with Crippen molar-refractivity contribution in [2.45, 2.75) is 26.2 Å². The minimum atomic E-state index is 0.630. The molecule has 0 unspecified atom stereocenters. The number of benzene rings is 3. The normalized spacial score (nSPS) is 13.9. The van der Waals surface area contributed by atoms with Gasteiger partial charge in [0.1, 0.15) is 0 Å². The van der Waals surface area contributed by atoms with Crippen molar-refractivity contribution in [1.29, 1.82) is 0 Å². The second-order valence-electron chi connectivity index (χ2n) is 7.96. The van der Waals surface area contributed by atoms with Gasteiger partial charge in [-0.1, -0.05) is 71.2 Å². The maximum atomic E-state index is 6.69. The molecule has 0 heterocycles. The van der Waals surface area contributed by atoms with Crippen molar-refractivity contribution >= 4 is 58.0 Å². The van der Waals surface area contributed by atoms with E-state index in [1.165, 1.54) is 39.0 Å². The molecular weight excluding hydrogens is 471 g/mol. The fourth-order valence-corrected chi connectivity index (χ4v) is 4.87. The molecule has 33 heavy (non-hydrogen) atoms. The van der Waals surface area contributed by atoms with Gasteiger partial charge in [-0.3, -0.25) is 4.99 Å². The molecule has 1 N–H and O–H groups in total. The summed E-state index contributed by atoms with van der Waals surface area (Å²) in [5.74, 6) is 0.630. The van der Waals surface area contributed by atoms with Crippen molar-refractivity contribution in [3.05, 3.63) is 104 Å². The van der Waals surface area contributed by atoms with Crippen LogP contribution in [-0.2, 0) is 11.3 Å². The third-order valence-corrected chi connectivity index (χ3v) is 6.49. The lowest BCUT2D eigenvalue weighted by Gasteiger charge is -2.18. The van der Waals surface area contributed by atoms with E-state index >= 15 is 0 Å². The Morgan fingerprint density at radius 2 is 1.76 bits per heavy atom. The van der Waals surface area contributed by atoms with Crippen LogP contribution < -0.4 is 5.48 Å². The first-order chi connectivity index (χ1) is 16.0. The molecule has 1 aliphatic carbocycles. The zero-order valence-electron chi connectivity index (χ0n) is 18.5. The Labute approximate surface area is 210 Å². The summed E-state index contributed by atoms with van der Waals surface area (Å²) in [6, 6.07) is 20.8. The van der Waals surface area contributed by atoms with Gasteiger partial charge in [-0.15, -0.1) is 0 Å². The van der Waals surface area contributed by atoms with Crippen molar-refractivity contribution < 1.29 is 4.84 Å². The Kier molecular flexibility index (Phi) is 7.49. The average molecular weight is 495 g/mol. The van der Waals surface area contributed by atoms with Crippen molar-refractivity contribution in [2.75, 3.05) is 7.05 Å². The van der Waals surface area contributed by atoms with Gasteiger partial charge in [0.25, 0.3) is 0 Å². The highest BCUT2D eigenvalue weighted by molar-refractivity contribution is 7.78. The largest absolute Gasteiger partial charge is 0.377 e. The third-order valence-electron chi connectivity index (χ3n) is 5.85. The van der Waals surface area contributed by atoms with E-state index in [-0.39, 0.29) is 0 Å². The molecule has 1 aliphatic rings. The Bertz CT molecular complexity index is 1250. The number of aryl methyl sites for hydroxylation is 2. The highest BCUT2D eigenvalue weighted by Gasteiger charge is 2.22. The number of halogens is 2. The predicted molar refractivity (Wildman–Crippen MR) is 143 cm³/mol. The molecule has 0 spiro atoms. The fourth-order valence-electron chi connectivity index (χ4n) is 4.30. The lowest BCUT2D eigenvalue weighted by Crippen LogP contribution is -2.24. The summed E-state index contributed by atoms with van der Waals surface area (Å²) in [6.07, 6.45) is 2.86. The predicted octanol–water partition coefficient (Wildman–Crippen LogP) is 7.45. The van der Waals surface area contributed by atoms with Gasteiger partial charge in [0.05, 0.1) is 0 Å². The fraction of sp³-hybridized carbons (Fsp3) is 0.185. The van der Waals surface area contributed by atoms with Crippen LogP contribution in [0.25, 0.3) is 11.1 Å². The molecule has 3 aromatic carbocycles. The van der Waals surface area contributed by atoms with Crippen molar-refractivity contribution in [3.63, 3.8) is 0 Å². The number of nitrogens with zero attached hydrogens (tertiary/aromatic N) is 1. The number of thiocarbonyl (C=S) groups is 1. The number of aliphatic imine (C=N–C) groups is 1. The van der Waals surface area contributed by atoms with Crippen LogP contribution in [0.5, 0.6) is 0 Å². The van der Waals surface area contributed by atoms with Crippen LogP contribution in [0.1, 0.15) is 46.2 Å². The molecule has 3 nitrogen and oxygen atoms in total. The van der Waals surface area contributed by atoms with Gasteiger partial charge in [-0.2, -0.15) is 0 Å². The molecule has 0 aliphatic heterocycles. The van der Waals surface area contributed by atoms with Gasteiger partial charge in [0.2, 0.25) is 0 Å². The van der Waals surface area contributed by atoms with E-state index in [0.29, 0.717) is 15.9 Å².